The summed E-state index contributed by atoms with van der Waals surface area (Å²) in [6.07, 6.45) is 0.967. The summed E-state index contributed by atoms with van der Waals surface area (Å²) in [4.78, 5) is 4.56. The van der Waals surface area contributed by atoms with Crippen molar-refractivity contribution in [2.75, 3.05) is 13.1 Å². The van der Waals surface area contributed by atoms with Gasteiger partial charge in [-0.05, 0) is 25.8 Å². The van der Waals surface area contributed by atoms with Crippen molar-refractivity contribution >= 4 is 29.9 Å². The Kier molecular flexibility index (Phi) is 8.60. The number of hydrogen-bond acceptors (Lipinski definition) is 3. The fourth-order valence-corrected chi connectivity index (χ4v) is 2.05. The normalized spacial score (nSPS) is 11.0. The molecule has 0 fully saturated rings. The van der Waals surface area contributed by atoms with Crippen molar-refractivity contribution in [2.24, 2.45) is 12.0 Å². The zero-order valence-corrected chi connectivity index (χ0v) is 16.2. The number of guanidine groups is 1. The molecule has 0 unspecified atom stereocenters. The number of aryl methyl sites for hydroxylation is 1. The van der Waals surface area contributed by atoms with Crippen LogP contribution < -0.4 is 10.6 Å². The first-order valence-electron chi connectivity index (χ1n) is 7.61. The summed E-state index contributed by atoms with van der Waals surface area (Å²) in [7, 11) is 1.95. The molecule has 0 spiro atoms. The van der Waals surface area contributed by atoms with Crippen LogP contribution in [0.25, 0.3) is 0 Å². The van der Waals surface area contributed by atoms with E-state index in [-0.39, 0.29) is 24.0 Å². The van der Waals surface area contributed by atoms with E-state index < -0.39 is 0 Å². The highest BCUT2D eigenvalue weighted by molar-refractivity contribution is 14.0. The Morgan fingerprint density at radius 2 is 1.91 bits per heavy atom. The predicted octanol–water partition coefficient (Wildman–Crippen LogP) is 2.04. The van der Waals surface area contributed by atoms with Crippen molar-refractivity contribution in [1.82, 2.24) is 25.4 Å². The van der Waals surface area contributed by atoms with Gasteiger partial charge in [-0.15, -0.1) is 34.2 Å². The van der Waals surface area contributed by atoms with E-state index in [2.05, 4.69) is 57.0 Å². The van der Waals surface area contributed by atoms with Crippen LogP contribution in [-0.4, -0.2) is 33.8 Å². The molecule has 6 nitrogen and oxygen atoms in total. The number of nitrogens with zero attached hydrogens (tertiary/aromatic N) is 4. The largest absolute Gasteiger partial charge is 0.357 e. The standard InChI is InChI=1S/C16H24N6.HI/c1-4-17-16(18-11-10-14-8-6-5-7-9-14)19-12-15-21-20-13(2)22(15)3;/h5-9H,4,10-12H2,1-3H3,(H2,17,18,19);1H. The van der Waals surface area contributed by atoms with Crippen LogP contribution in [0.5, 0.6) is 0 Å². The van der Waals surface area contributed by atoms with Gasteiger partial charge in [-0.3, -0.25) is 0 Å². The van der Waals surface area contributed by atoms with Gasteiger partial charge in [-0.2, -0.15) is 0 Å². The molecule has 0 saturated carbocycles. The summed E-state index contributed by atoms with van der Waals surface area (Å²) in [5, 5.41) is 14.8. The Bertz CT molecular complexity index is 608. The second-order valence-electron chi connectivity index (χ2n) is 5.08. The molecule has 2 N–H and O–H groups in total. The van der Waals surface area contributed by atoms with Gasteiger partial charge in [0.25, 0.3) is 0 Å². The highest BCUT2D eigenvalue weighted by Gasteiger charge is 2.04. The summed E-state index contributed by atoms with van der Waals surface area (Å²) in [6.45, 7) is 6.17. The summed E-state index contributed by atoms with van der Waals surface area (Å²) < 4.78 is 1.96. The van der Waals surface area contributed by atoms with Crippen molar-refractivity contribution < 1.29 is 0 Å². The maximum Gasteiger partial charge on any atom is 0.191 e. The third kappa shape index (κ3) is 6.17. The van der Waals surface area contributed by atoms with E-state index in [0.29, 0.717) is 6.54 Å². The van der Waals surface area contributed by atoms with Crippen LogP contribution in [-0.2, 0) is 20.0 Å². The molecule has 7 heteroatoms. The number of halogens is 1. The van der Waals surface area contributed by atoms with Crippen molar-refractivity contribution in [1.29, 1.82) is 0 Å². The van der Waals surface area contributed by atoms with Gasteiger partial charge in [0.05, 0.1) is 0 Å². The molecule has 1 aromatic carbocycles. The monoisotopic (exact) mass is 428 g/mol. The molecule has 2 aromatic rings. The van der Waals surface area contributed by atoms with Crippen LogP contribution >= 0.6 is 24.0 Å². The summed E-state index contributed by atoms with van der Waals surface area (Å²) in [5.41, 5.74) is 1.31. The molecule has 2 rings (SSSR count). The zero-order chi connectivity index (χ0) is 15.8. The molecular weight excluding hydrogens is 403 g/mol. The lowest BCUT2D eigenvalue weighted by atomic mass is 10.1. The Hall–Kier alpha value is -1.64. The first-order chi connectivity index (χ1) is 10.7. The first-order valence-corrected chi connectivity index (χ1v) is 7.61. The second kappa shape index (κ2) is 10.2. The molecule has 0 saturated heterocycles. The fourth-order valence-electron chi connectivity index (χ4n) is 2.05. The highest BCUT2D eigenvalue weighted by Crippen LogP contribution is 2.00. The number of aromatic nitrogens is 3. The van der Waals surface area contributed by atoms with E-state index in [9.17, 15) is 0 Å². The van der Waals surface area contributed by atoms with Crippen LogP contribution in [0.2, 0.25) is 0 Å². The minimum atomic E-state index is 0. The molecule has 0 bridgehead atoms. The van der Waals surface area contributed by atoms with Gasteiger partial charge >= 0.3 is 0 Å². The molecule has 0 amide bonds. The van der Waals surface area contributed by atoms with Crippen molar-refractivity contribution in [2.45, 2.75) is 26.8 Å². The quantitative estimate of drug-likeness (QED) is 0.420. The molecule has 0 aliphatic carbocycles. The lowest BCUT2D eigenvalue weighted by Gasteiger charge is -2.11. The number of aliphatic imine (C=N–C) groups is 1. The highest BCUT2D eigenvalue weighted by atomic mass is 127. The van der Waals surface area contributed by atoms with Crippen molar-refractivity contribution in [3.8, 4) is 0 Å². The Balaban J connectivity index is 0.00000264. The Morgan fingerprint density at radius 1 is 1.17 bits per heavy atom. The second-order valence-corrected chi connectivity index (χ2v) is 5.08. The molecule has 23 heavy (non-hydrogen) atoms. The van der Waals surface area contributed by atoms with E-state index in [1.165, 1.54) is 5.56 Å². The minimum Gasteiger partial charge on any atom is -0.357 e. The maximum absolute atomic E-state index is 4.56. The van der Waals surface area contributed by atoms with Crippen LogP contribution in [0.1, 0.15) is 24.1 Å². The van der Waals surface area contributed by atoms with Gasteiger partial charge in [0.15, 0.2) is 11.8 Å². The molecule has 0 aliphatic heterocycles. The van der Waals surface area contributed by atoms with Crippen molar-refractivity contribution in [3.05, 3.63) is 47.5 Å². The molecule has 126 valence electrons. The summed E-state index contributed by atoms with van der Waals surface area (Å²) >= 11 is 0. The van der Waals surface area contributed by atoms with Crippen molar-refractivity contribution in [3.63, 3.8) is 0 Å². The maximum atomic E-state index is 4.56. The van der Waals surface area contributed by atoms with Gasteiger partial charge in [0, 0.05) is 20.1 Å². The molecule has 1 heterocycles. The predicted molar refractivity (Wildman–Crippen MR) is 104 cm³/mol. The lowest BCUT2D eigenvalue weighted by molar-refractivity contribution is 0.753. The Labute approximate surface area is 154 Å². The number of hydrogen-bond donors (Lipinski definition) is 2. The van der Waals surface area contributed by atoms with Gasteiger partial charge < -0.3 is 15.2 Å². The SMILES string of the molecule is CCNC(=NCc1nnc(C)n1C)NCCc1ccccc1.I. The number of nitrogens with one attached hydrogen (secondary N) is 2. The van der Waals surface area contributed by atoms with Crippen LogP contribution in [0.4, 0.5) is 0 Å². The third-order valence-corrected chi connectivity index (χ3v) is 3.45. The van der Waals surface area contributed by atoms with E-state index in [1.54, 1.807) is 0 Å². The van der Waals surface area contributed by atoms with E-state index in [0.717, 1.165) is 37.1 Å². The Morgan fingerprint density at radius 3 is 2.52 bits per heavy atom. The van der Waals surface area contributed by atoms with Gasteiger partial charge in [0.2, 0.25) is 0 Å². The summed E-state index contributed by atoms with van der Waals surface area (Å²) in [5.74, 6) is 2.56. The van der Waals surface area contributed by atoms with E-state index >= 15 is 0 Å². The van der Waals surface area contributed by atoms with Gasteiger partial charge in [-0.1, -0.05) is 30.3 Å². The molecular formula is C16H25IN6. The van der Waals surface area contributed by atoms with Crippen LogP contribution in [0.15, 0.2) is 35.3 Å². The van der Waals surface area contributed by atoms with E-state index in [4.69, 9.17) is 0 Å². The minimum absolute atomic E-state index is 0. The number of rotatable bonds is 6. The van der Waals surface area contributed by atoms with E-state index in [1.807, 2.05) is 24.6 Å². The molecule has 0 atom stereocenters. The average molecular weight is 428 g/mol. The summed E-state index contributed by atoms with van der Waals surface area (Å²) in [6, 6.07) is 10.4. The van der Waals surface area contributed by atoms with Crippen LogP contribution in [0, 0.1) is 6.92 Å². The average Bonchev–Trinajstić information content (AvgIpc) is 2.85. The molecule has 1 aromatic heterocycles. The smallest absolute Gasteiger partial charge is 0.191 e. The number of benzene rings is 1. The molecule has 0 radical (unpaired) electrons. The first kappa shape index (κ1) is 19.4. The van der Waals surface area contributed by atoms with Gasteiger partial charge in [-0.25, -0.2) is 4.99 Å². The topological polar surface area (TPSA) is 67.1 Å². The lowest BCUT2D eigenvalue weighted by Crippen LogP contribution is -2.38. The zero-order valence-electron chi connectivity index (χ0n) is 13.9. The van der Waals surface area contributed by atoms with Gasteiger partial charge in [0.1, 0.15) is 12.4 Å². The van der Waals surface area contributed by atoms with Crippen LogP contribution in [0.3, 0.4) is 0 Å². The fraction of sp³-hybridized carbons (Fsp3) is 0.438. The molecule has 0 aliphatic rings. The third-order valence-electron chi connectivity index (χ3n) is 3.45.